The molecule has 0 saturated carbocycles. The highest BCUT2D eigenvalue weighted by atomic mass is 16.5. The van der Waals surface area contributed by atoms with Gasteiger partial charge in [-0.2, -0.15) is 0 Å². The van der Waals surface area contributed by atoms with Crippen LogP contribution in [0.5, 0.6) is 11.5 Å². The number of ether oxygens (including phenoxy) is 2. The Bertz CT molecular complexity index is 435. The van der Waals surface area contributed by atoms with E-state index in [1.165, 1.54) is 0 Å². The largest absolute Gasteiger partial charge is 0.497 e. The Hall–Kier alpha value is -1.75. The molecule has 1 aromatic rings. The molecule has 20 heavy (non-hydrogen) atoms. The van der Waals surface area contributed by atoms with Crippen molar-refractivity contribution >= 4 is 5.91 Å². The molecule has 5 nitrogen and oxygen atoms in total. The average molecular weight is 280 g/mol. The van der Waals surface area contributed by atoms with Gasteiger partial charge >= 0.3 is 0 Å². The van der Waals surface area contributed by atoms with Crippen LogP contribution in [-0.4, -0.2) is 32.2 Å². The monoisotopic (exact) mass is 280 g/mol. The van der Waals surface area contributed by atoms with E-state index in [2.05, 4.69) is 5.32 Å². The maximum atomic E-state index is 11.7. The van der Waals surface area contributed by atoms with Gasteiger partial charge in [0.2, 0.25) is 0 Å². The van der Waals surface area contributed by atoms with Crippen LogP contribution in [0.2, 0.25) is 0 Å². The molecule has 1 rings (SSSR count). The van der Waals surface area contributed by atoms with E-state index in [1.54, 1.807) is 13.2 Å². The zero-order valence-electron chi connectivity index (χ0n) is 12.4. The van der Waals surface area contributed by atoms with E-state index < -0.39 is 0 Å². The number of rotatable bonds is 8. The fourth-order valence-corrected chi connectivity index (χ4v) is 1.72. The molecule has 0 spiro atoms. The van der Waals surface area contributed by atoms with Crippen LogP contribution in [0.4, 0.5) is 0 Å². The third-order valence-corrected chi connectivity index (χ3v) is 3.07. The summed E-state index contributed by atoms with van der Waals surface area (Å²) in [5, 5.41) is 2.86. The third-order valence-electron chi connectivity index (χ3n) is 3.07. The van der Waals surface area contributed by atoms with Crippen LogP contribution in [0.1, 0.15) is 25.8 Å². The van der Waals surface area contributed by atoms with E-state index in [9.17, 15) is 4.79 Å². The topological polar surface area (TPSA) is 73.6 Å². The Balaban J connectivity index is 2.67. The number of hydrogen-bond donors (Lipinski definition) is 2. The highest BCUT2D eigenvalue weighted by Gasteiger charge is 2.10. The molecule has 1 amide bonds. The molecule has 0 fully saturated rings. The van der Waals surface area contributed by atoms with Crippen LogP contribution in [-0.2, 0) is 11.2 Å². The molecule has 112 valence electrons. The van der Waals surface area contributed by atoms with E-state index in [-0.39, 0.29) is 18.6 Å². The smallest absolute Gasteiger partial charge is 0.258 e. The van der Waals surface area contributed by atoms with Crippen molar-refractivity contribution in [2.45, 2.75) is 32.7 Å². The number of benzene rings is 1. The Kier molecular flexibility index (Phi) is 6.87. The lowest BCUT2D eigenvalue weighted by Gasteiger charge is -2.14. The number of carbonyl (C=O) groups is 1. The number of methoxy groups -OCH3 is 1. The minimum Gasteiger partial charge on any atom is -0.497 e. The van der Waals surface area contributed by atoms with Crippen LogP contribution in [0.15, 0.2) is 18.2 Å². The van der Waals surface area contributed by atoms with Gasteiger partial charge in [0, 0.05) is 12.1 Å². The first-order valence-corrected chi connectivity index (χ1v) is 6.89. The second kappa shape index (κ2) is 8.43. The molecule has 0 aliphatic carbocycles. The summed E-state index contributed by atoms with van der Waals surface area (Å²) in [5.41, 5.74) is 6.55. The average Bonchev–Trinajstić information content (AvgIpc) is 2.46. The molecule has 0 aromatic heterocycles. The minimum absolute atomic E-state index is 0.00488. The van der Waals surface area contributed by atoms with Gasteiger partial charge in [0.05, 0.1) is 7.11 Å². The van der Waals surface area contributed by atoms with Crippen molar-refractivity contribution in [2.24, 2.45) is 5.73 Å². The number of amides is 1. The number of carbonyl (C=O) groups excluding carboxylic acids is 1. The van der Waals surface area contributed by atoms with Crippen molar-refractivity contribution in [3.63, 3.8) is 0 Å². The van der Waals surface area contributed by atoms with Gasteiger partial charge in [-0.05, 0) is 37.9 Å². The van der Waals surface area contributed by atoms with E-state index >= 15 is 0 Å². The maximum absolute atomic E-state index is 11.7. The van der Waals surface area contributed by atoms with Gasteiger partial charge in [0.1, 0.15) is 11.5 Å². The molecule has 0 aliphatic rings. The summed E-state index contributed by atoms with van der Waals surface area (Å²) in [5.74, 6) is 1.22. The van der Waals surface area contributed by atoms with E-state index in [1.807, 2.05) is 26.0 Å². The van der Waals surface area contributed by atoms with Crippen molar-refractivity contribution in [1.82, 2.24) is 5.32 Å². The number of nitrogens with two attached hydrogens (primary N) is 1. The molecular weight excluding hydrogens is 256 g/mol. The zero-order chi connectivity index (χ0) is 15.0. The Morgan fingerprint density at radius 1 is 1.45 bits per heavy atom. The third kappa shape index (κ3) is 5.09. The fraction of sp³-hybridized carbons (Fsp3) is 0.533. The summed E-state index contributed by atoms with van der Waals surface area (Å²) in [6, 6.07) is 5.70. The lowest BCUT2D eigenvalue weighted by Crippen LogP contribution is -2.35. The second-order valence-electron chi connectivity index (χ2n) is 4.68. The van der Waals surface area contributed by atoms with Crippen LogP contribution < -0.4 is 20.5 Å². The molecule has 5 heteroatoms. The van der Waals surface area contributed by atoms with Gasteiger partial charge in [-0.1, -0.05) is 13.0 Å². The summed E-state index contributed by atoms with van der Waals surface area (Å²) in [6.07, 6.45) is 1.59. The molecule has 3 N–H and O–H groups in total. The summed E-state index contributed by atoms with van der Waals surface area (Å²) >= 11 is 0. The Labute approximate surface area is 120 Å². The maximum Gasteiger partial charge on any atom is 0.258 e. The van der Waals surface area contributed by atoms with Crippen LogP contribution in [0.3, 0.4) is 0 Å². The van der Waals surface area contributed by atoms with E-state index in [0.717, 1.165) is 12.0 Å². The van der Waals surface area contributed by atoms with Crippen molar-refractivity contribution in [2.75, 3.05) is 20.3 Å². The lowest BCUT2D eigenvalue weighted by molar-refractivity contribution is -0.123. The second-order valence-corrected chi connectivity index (χ2v) is 4.68. The highest BCUT2D eigenvalue weighted by molar-refractivity contribution is 5.77. The molecule has 0 heterocycles. The Morgan fingerprint density at radius 2 is 2.20 bits per heavy atom. The normalized spacial score (nSPS) is 11.8. The number of hydrogen-bond acceptors (Lipinski definition) is 4. The highest BCUT2D eigenvalue weighted by Crippen LogP contribution is 2.25. The lowest BCUT2D eigenvalue weighted by atomic mass is 10.1. The first-order valence-electron chi connectivity index (χ1n) is 6.89. The van der Waals surface area contributed by atoms with Crippen molar-refractivity contribution in [3.8, 4) is 11.5 Å². The first-order chi connectivity index (χ1) is 9.60. The standard InChI is InChI=1S/C15H24N2O3/c1-4-11(2)17-15(18)10-20-14-9-13(19-3)6-5-12(14)7-8-16/h5-6,9,11H,4,7-8,10,16H2,1-3H3,(H,17,18). The summed E-state index contributed by atoms with van der Waals surface area (Å²) in [7, 11) is 1.59. The van der Waals surface area contributed by atoms with Crippen LogP contribution in [0, 0.1) is 0 Å². The molecule has 0 bridgehead atoms. The Morgan fingerprint density at radius 3 is 2.80 bits per heavy atom. The quantitative estimate of drug-likeness (QED) is 0.756. The SMILES string of the molecule is CCC(C)NC(=O)COc1cc(OC)ccc1CCN. The zero-order valence-corrected chi connectivity index (χ0v) is 12.4. The predicted octanol–water partition coefficient (Wildman–Crippen LogP) is 1.49. The minimum atomic E-state index is -0.124. The van der Waals surface area contributed by atoms with Crippen molar-refractivity contribution in [1.29, 1.82) is 0 Å². The van der Waals surface area contributed by atoms with Gasteiger partial charge in [0.15, 0.2) is 6.61 Å². The molecule has 0 radical (unpaired) electrons. The van der Waals surface area contributed by atoms with E-state index in [4.69, 9.17) is 15.2 Å². The van der Waals surface area contributed by atoms with Crippen molar-refractivity contribution < 1.29 is 14.3 Å². The fourth-order valence-electron chi connectivity index (χ4n) is 1.72. The molecule has 1 unspecified atom stereocenters. The summed E-state index contributed by atoms with van der Waals surface area (Å²) in [4.78, 5) is 11.7. The molecule has 1 atom stereocenters. The predicted molar refractivity (Wildman–Crippen MR) is 79.1 cm³/mol. The molecule has 1 aromatic carbocycles. The molecular formula is C15H24N2O3. The van der Waals surface area contributed by atoms with Gasteiger partial charge in [0.25, 0.3) is 5.91 Å². The number of nitrogens with one attached hydrogen (secondary N) is 1. The van der Waals surface area contributed by atoms with Gasteiger partial charge in [-0.3, -0.25) is 4.79 Å². The summed E-state index contributed by atoms with van der Waals surface area (Å²) < 4.78 is 10.8. The van der Waals surface area contributed by atoms with Crippen LogP contribution in [0.25, 0.3) is 0 Å². The first kappa shape index (κ1) is 16.3. The van der Waals surface area contributed by atoms with E-state index in [0.29, 0.717) is 24.5 Å². The van der Waals surface area contributed by atoms with Crippen molar-refractivity contribution in [3.05, 3.63) is 23.8 Å². The van der Waals surface area contributed by atoms with Gasteiger partial charge in [-0.25, -0.2) is 0 Å². The van der Waals surface area contributed by atoms with Gasteiger partial charge in [-0.15, -0.1) is 0 Å². The van der Waals surface area contributed by atoms with Gasteiger partial charge < -0.3 is 20.5 Å². The molecule has 0 saturated heterocycles. The van der Waals surface area contributed by atoms with Crippen LogP contribution >= 0.6 is 0 Å². The summed E-state index contributed by atoms with van der Waals surface area (Å²) in [6.45, 7) is 4.51. The molecule has 0 aliphatic heterocycles.